The molecular weight excluding hydrogens is 330 g/mol. The van der Waals surface area contributed by atoms with E-state index in [-0.39, 0.29) is 6.61 Å². The number of esters is 2. The van der Waals surface area contributed by atoms with Crippen molar-refractivity contribution in [1.29, 1.82) is 0 Å². The van der Waals surface area contributed by atoms with Crippen molar-refractivity contribution < 1.29 is 19.1 Å². The summed E-state index contributed by atoms with van der Waals surface area (Å²) in [6.07, 6.45) is 11.0. The van der Waals surface area contributed by atoms with Gasteiger partial charge >= 0.3 is 11.9 Å². The molecule has 144 valence electrons. The first kappa shape index (κ1) is 21.9. The first-order valence-electron chi connectivity index (χ1n) is 9.30. The van der Waals surface area contributed by atoms with Gasteiger partial charge in [-0.25, -0.2) is 9.59 Å². The number of unbranched alkanes of at least 4 members (excludes halogenated alkanes) is 6. The van der Waals surface area contributed by atoms with Gasteiger partial charge in [0.15, 0.2) is 0 Å². The van der Waals surface area contributed by atoms with Gasteiger partial charge < -0.3 is 15.2 Å². The smallest absolute Gasteiger partial charge is 0.342 e. The van der Waals surface area contributed by atoms with Crippen molar-refractivity contribution >= 4 is 11.9 Å². The molecule has 0 aliphatic rings. The zero-order valence-electron chi connectivity index (χ0n) is 15.9. The van der Waals surface area contributed by atoms with Crippen LogP contribution in [0.5, 0.6) is 0 Å². The Hall–Kier alpha value is -2.14. The first-order valence-corrected chi connectivity index (χ1v) is 9.30. The van der Waals surface area contributed by atoms with E-state index in [2.05, 4.69) is 6.92 Å². The van der Waals surface area contributed by atoms with Crippen LogP contribution < -0.4 is 5.73 Å². The van der Waals surface area contributed by atoms with Crippen molar-refractivity contribution in [1.82, 2.24) is 0 Å². The van der Waals surface area contributed by atoms with Gasteiger partial charge in [-0.3, -0.25) is 0 Å². The lowest BCUT2D eigenvalue weighted by atomic mass is 9.99. The predicted octanol–water partition coefficient (Wildman–Crippen LogP) is 3.91. The summed E-state index contributed by atoms with van der Waals surface area (Å²) in [5, 5.41) is 0. The van der Waals surface area contributed by atoms with E-state index in [1.165, 1.54) is 38.9 Å². The fourth-order valence-corrected chi connectivity index (χ4v) is 2.54. The molecule has 0 amide bonds. The van der Waals surface area contributed by atoms with E-state index in [1.54, 1.807) is 6.08 Å². The van der Waals surface area contributed by atoms with Gasteiger partial charge in [-0.2, -0.15) is 0 Å². The summed E-state index contributed by atoms with van der Waals surface area (Å²) in [7, 11) is 1.20. The maximum absolute atomic E-state index is 12.4. The molecular formula is C21H31NO4. The fourth-order valence-electron chi connectivity index (χ4n) is 2.54. The molecule has 0 fully saturated rings. The summed E-state index contributed by atoms with van der Waals surface area (Å²) in [4.78, 5) is 24.4. The minimum absolute atomic E-state index is 0.0564. The third kappa shape index (κ3) is 7.40. The molecule has 0 heterocycles. The number of benzene rings is 1. The summed E-state index contributed by atoms with van der Waals surface area (Å²) < 4.78 is 9.92. The molecule has 5 nitrogen and oxygen atoms in total. The number of methoxy groups -OCH3 is 1. The molecule has 5 heteroatoms. The molecule has 26 heavy (non-hydrogen) atoms. The molecule has 1 aromatic rings. The van der Waals surface area contributed by atoms with Crippen LogP contribution >= 0.6 is 0 Å². The summed E-state index contributed by atoms with van der Waals surface area (Å²) in [5.74, 6) is -1.64. The van der Waals surface area contributed by atoms with Crippen LogP contribution in [-0.2, 0) is 25.7 Å². The predicted molar refractivity (Wildman–Crippen MR) is 102 cm³/mol. The van der Waals surface area contributed by atoms with E-state index >= 15 is 0 Å². The van der Waals surface area contributed by atoms with Crippen molar-refractivity contribution in [3.63, 3.8) is 0 Å². The minimum Gasteiger partial charge on any atom is -0.467 e. The molecule has 0 aliphatic carbocycles. The lowest BCUT2D eigenvalue weighted by Crippen LogP contribution is -2.54. The molecule has 0 aromatic heterocycles. The Bertz CT molecular complexity index is 571. The van der Waals surface area contributed by atoms with E-state index in [9.17, 15) is 9.59 Å². The highest BCUT2D eigenvalue weighted by molar-refractivity contribution is 6.07. The van der Waals surface area contributed by atoms with Crippen LogP contribution in [0.4, 0.5) is 0 Å². The Balaban J connectivity index is 2.55. The number of ether oxygens (including phenoxy) is 2. The molecule has 0 saturated carbocycles. The molecule has 2 N–H and O–H groups in total. The molecule has 0 spiro atoms. The first-order chi connectivity index (χ1) is 12.5. The number of rotatable bonds is 12. The molecule has 0 radical (unpaired) electrons. The second-order valence-electron chi connectivity index (χ2n) is 6.38. The highest BCUT2D eigenvalue weighted by Crippen LogP contribution is 2.13. The Morgan fingerprint density at radius 2 is 1.69 bits per heavy atom. The highest BCUT2D eigenvalue weighted by atomic mass is 16.6. The molecule has 1 unspecified atom stereocenters. The van der Waals surface area contributed by atoms with Crippen LogP contribution in [0.15, 0.2) is 42.5 Å². The van der Waals surface area contributed by atoms with Gasteiger partial charge in [-0.15, -0.1) is 0 Å². The van der Waals surface area contributed by atoms with Crippen LogP contribution in [0.25, 0.3) is 0 Å². The zero-order valence-corrected chi connectivity index (χ0v) is 15.9. The average molecular weight is 361 g/mol. The Kier molecular flexibility index (Phi) is 10.3. The molecule has 0 bridgehead atoms. The lowest BCUT2D eigenvalue weighted by Gasteiger charge is -2.21. The molecule has 1 atom stereocenters. The molecule has 0 aliphatic heterocycles. The zero-order chi connectivity index (χ0) is 19.3. The number of carbonyl (C=O) groups excluding carboxylic acids is 2. The van der Waals surface area contributed by atoms with Gasteiger partial charge in [0.2, 0.25) is 5.54 Å². The van der Waals surface area contributed by atoms with Crippen molar-refractivity contribution in [2.75, 3.05) is 7.11 Å². The Labute approximate surface area is 156 Å². The number of carbonyl (C=O) groups is 2. The normalized spacial score (nSPS) is 13.3. The maximum Gasteiger partial charge on any atom is 0.342 e. The lowest BCUT2D eigenvalue weighted by molar-refractivity contribution is -0.160. The third-order valence-corrected chi connectivity index (χ3v) is 4.18. The summed E-state index contributed by atoms with van der Waals surface area (Å²) >= 11 is 0. The summed E-state index contributed by atoms with van der Waals surface area (Å²) in [5.41, 5.74) is 4.92. The number of hydrogen-bond donors (Lipinski definition) is 1. The monoisotopic (exact) mass is 361 g/mol. The average Bonchev–Trinajstić information content (AvgIpc) is 2.68. The van der Waals surface area contributed by atoms with Crippen molar-refractivity contribution in [3.05, 3.63) is 48.0 Å². The third-order valence-electron chi connectivity index (χ3n) is 4.18. The van der Waals surface area contributed by atoms with Crippen LogP contribution in [0.2, 0.25) is 0 Å². The van der Waals surface area contributed by atoms with Crippen LogP contribution in [0.3, 0.4) is 0 Å². The largest absolute Gasteiger partial charge is 0.467 e. The van der Waals surface area contributed by atoms with E-state index in [1.807, 2.05) is 30.3 Å². The van der Waals surface area contributed by atoms with Crippen molar-refractivity contribution in [2.45, 2.75) is 64.0 Å². The van der Waals surface area contributed by atoms with Gasteiger partial charge in [0.1, 0.15) is 6.61 Å². The molecule has 0 saturated heterocycles. The minimum atomic E-state index is -1.91. The van der Waals surface area contributed by atoms with E-state index in [4.69, 9.17) is 15.2 Å². The number of nitrogens with two attached hydrogens (primary N) is 1. The summed E-state index contributed by atoms with van der Waals surface area (Å²) in [6, 6.07) is 9.23. The Morgan fingerprint density at radius 3 is 2.35 bits per heavy atom. The highest BCUT2D eigenvalue weighted by Gasteiger charge is 2.42. The van der Waals surface area contributed by atoms with Gasteiger partial charge in [0.25, 0.3) is 0 Å². The van der Waals surface area contributed by atoms with Gasteiger partial charge in [-0.1, -0.05) is 75.4 Å². The summed E-state index contributed by atoms with van der Waals surface area (Å²) in [6.45, 7) is 2.24. The van der Waals surface area contributed by atoms with Crippen LogP contribution in [-0.4, -0.2) is 24.6 Å². The number of allylic oxidation sites excluding steroid dienone is 1. The van der Waals surface area contributed by atoms with E-state index in [0.29, 0.717) is 0 Å². The fraction of sp³-hybridized carbons (Fsp3) is 0.524. The standard InChI is InChI=1S/C21H31NO4/c1-3-4-5-6-7-8-9-13-16-21(22,19(23)25-2)20(24)26-17-18-14-11-10-12-15-18/h10-16H,3-9,17,22H2,1-2H3. The van der Waals surface area contributed by atoms with E-state index in [0.717, 1.165) is 24.8 Å². The molecule has 1 aromatic carbocycles. The van der Waals surface area contributed by atoms with E-state index < -0.39 is 17.5 Å². The Morgan fingerprint density at radius 1 is 1.04 bits per heavy atom. The van der Waals surface area contributed by atoms with Crippen LogP contribution in [0, 0.1) is 0 Å². The van der Waals surface area contributed by atoms with Gasteiger partial charge in [0.05, 0.1) is 7.11 Å². The van der Waals surface area contributed by atoms with Gasteiger partial charge in [-0.05, 0) is 24.5 Å². The SMILES string of the molecule is CCCCCCCCC=CC(N)(C(=O)OC)C(=O)OCc1ccccc1. The quantitative estimate of drug-likeness (QED) is 0.264. The topological polar surface area (TPSA) is 78.6 Å². The van der Waals surface area contributed by atoms with Crippen molar-refractivity contribution in [2.24, 2.45) is 5.73 Å². The second-order valence-corrected chi connectivity index (χ2v) is 6.38. The number of hydrogen-bond acceptors (Lipinski definition) is 5. The maximum atomic E-state index is 12.4. The molecule has 1 rings (SSSR count). The van der Waals surface area contributed by atoms with Crippen LogP contribution in [0.1, 0.15) is 57.4 Å². The van der Waals surface area contributed by atoms with Crippen molar-refractivity contribution in [3.8, 4) is 0 Å². The second kappa shape index (κ2) is 12.3. The van der Waals surface area contributed by atoms with Gasteiger partial charge in [0, 0.05) is 0 Å².